The highest BCUT2D eigenvalue weighted by Crippen LogP contribution is 2.05. The van der Waals surface area contributed by atoms with Crippen molar-refractivity contribution in [2.45, 2.75) is 39.7 Å². The molecule has 0 fully saturated rings. The molecule has 1 heterocycles. The van der Waals surface area contributed by atoms with E-state index < -0.39 is 0 Å². The first-order valence-corrected chi connectivity index (χ1v) is 5.93. The van der Waals surface area contributed by atoms with Crippen molar-refractivity contribution in [2.75, 3.05) is 5.33 Å². The molecule has 0 bridgehead atoms. The number of halogens is 1. The Labute approximate surface area is 88.5 Å². The van der Waals surface area contributed by atoms with E-state index in [2.05, 4.69) is 38.7 Å². The third-order valence-electron chi connectivity index (χ3n) is 2.11. The zero-order chi connectivity index (χ0) is 9.68. The summed E-state index contributed by atoms with van der Waals surface area (Å²) in [6.07, 6.45) is 3.77. The highest BCUT2D eigenvalue weighted by atomic mass is 79.9. The van der Waals surface area contributed by atoms with E-state index in [0.29, 0.717) is 0 Å². The van der Waals surface area contributed by atoms with E-state index in [-0.39, 0.29) is 0 Å². The molecule has 13 heavy (non-hydrogen) atoms. The minimum atomic E-state index is 1.06. The van der Waals surface area contributed by atoms with Gasteiger partial charge in [-0.05, 0) is 32.8 Å². The minimum absolute atomic E-state index is 1.06. The van der Waals surface area contributed by atoms with Crippen LogP contribution in [-0.2, 0) is 6.54 Å². The summed E-state index contributed by atoms with van der Waals surface area (Å²) in [6, 6.07) is 2.13. The molecule has 0 saturated heterocycles. The van der Waals surface area contributed by atoms with Crippen LogP contribution in [0.25, 0.3) is 0 Å². The van der Waals surface area contributed by atoms with Gasteiger partial charge >= 0.3 is 0 Å². The Morgan fingerprint density at radius 2 is 2.08 bits per heavy atom. The third-order valence-corrected chi connectivity index (χ3v) is 2.67. The molecule has 0 spiro atoms. The van der Waals surface area contributed by atoms with E-state index in [1.165, 1.54) is 25.0 Å². The summed E-state index contributed by atoms with van der Waals surface area (Å²) in [5, 5.41) is 5.53. The molecule has 0 atom stereocenters. The zero-order valence-corrected chi connectivity index (χ0v) is 9.97. The van der Waals surface area contributed by atoms with Crippen LogP contribution in [0.4, 0.5) is 0 Å². The van der Waals surface area contributed by atoms with Crippen molar-refractivity contribution < 1.29 is 0 Å². The van der Waals surface area contributed by atoms with Gasteiger partial charge in [0.2, 0.25) is 0 Å². The molecule has 0 aliphatic carbocycles. The average molecular weight is 245 g/mol. The van der Waals surface area contributed by atoms with Gasteiger partial charge in [0.25, 0.3) is 0 Å². The van der Waals surface area contributed by atoms with Gasteiger partial charge in [0.15, 0.2) is 0 Å². The Morgan fingerprint density at radius 3 is 2.62 bits per heavy atom. The van der Waals surface area contributed by atoms with Gasteiger partial charge in [-0.2, -0.15) is 5.10 Å². The standard InChI is InChI=1S/C10H17BrN2/c1-9-8-10(2)13(12-9)7-5-3-4-6-11/h8H,3-7H2,1-2H3. The molecule has 1 aromatic rings. The van der Waals surface area contributed by atoms with Crippen LogP contribution in [0, 0.1) is 13.8 Å². The van der Waals surface area contributed by atoms with Gasteiger partial charge in [-0.15, -0.1) is 0 Å². The summed E-state index contributed by atoms with van der Waals surface area (Å²) in [5.74, 6) is 0. The van der Waals surface area contributed by atoms with Gasteiger partial charge in [0.05, 0.1) is 5.69 Å². The summed E-state index contributed by atoms with van der Waals surface area (Å²) in [6.45, 7) is 5.22. The highest BCUT2D eigenvalue weighted by molar-refractivity contribution is 9.09. The summed E-state index contributed by atoms with van der Waals surface area (Å²) >= 11 is 3.43. The number of nitrogens with zero attached hydrogens (tertiary/aromatic N) is 2. The summed E-state index contributed by atoms with van der Waals surface area (Å²) < 4.78 is 2.10. The molecule has 74 valence electrons. The van der Waals surface area contributed by atoms with E-state index in [4.69, 9.17) is 0 Å². The zero-order valence-electron chi connectivity index (χ0n) is 8.39. The lowest BCUT2D eigenvalue weighted by molar-refractivity contribution is 0.541. The van der Waals surface area contributed by atoms with Crippen molar-refractivity contribution in [3.8, 4) is 0 Å². The predicted octanol–water partition coefficient (Wildman–Crippen LogP) is 3.07. The molecule has 0 N–H and O–H groups in total. The summed E-state index contributed by atoms with van der Waals surface area (Å²) in [5.41, 5.74) is 2.40. The fourth-order valence-electron chi connectivity index (χ4n) is 1.43. The van der Waals surface area contributed by atoms with Crippen LogP contribution >= 0.6 is 15.9 Å². The van der Waals surface area contributed by atoms with Crippen LogP contribution in [0.1, 0.15) is 30.7 Å². The highest BCUT2D eigenvalue weighted by Gasteiger charge is 1.99. The molecule has 0 unspecified atom stereocenters. The minimum Gasteiger partial charge on any atom is -0.270 e. The second-order valence-electron chi connectivity index (χ2n) is 3.40. The van der Waals surface area contributed by atoms with Crippen molar-refractivity contribution in [1.82, 2.24) is 9.78 Å². The first-order chi connectivity index (χ1) is 6.24. The quantitative estimate of drug-likeness (QED) is 0.575. The Bertz CT molecular complexity index is 255. The maximum atomic E-state index is 4.41. The summed E-state index contributed by atoms with van der Waals surface area (Å²) in [7, 11) is 0. The lowest BCUT2D eigenvalue weighted by Crippen LogP contribution is -2.02. The number of alkyl halides is 1. The molecule has 0 saturated carbocycles. The first-order valence-electron chi connectivity index (χ1n) is 4.81. The number of unbranched alkanes of at least 4 members (excludes halogenated alkanes) is 2. The van der Waals surface area contributed by atoms with Gasteiger partial charge in [-0.25, -0.2) is 0 Å². The van der Waals surface area contributed by atoms with E-state index in [1.807, 2.05) is 6.92 Å². The van der Waals surface area contributed by atoms with E-state index >= 15 is 0 Å². The van der Waals surface area contributed by atoms with Crippen LogP contribution in [0.15, 0.2) is 6.07 Å². The molecule has 1 aromatic heterocycles. The number of hydrogen-bond donors (Lipinski definition) is 0. The molecule has 0 aliphatic rings. The number of hydrogen-bond acceptors (Lipinski definition) is 1. The second-order valence-corrected chi connectivity index (χ2v) is 4.19. The Kier molecular flexibility index (Phi) is 4.50. The molecule has 3 heteroatoms. The Hall–Kier alpha value is -0.310. The molecule has 0 radical (unpaired) electrons. The Balaban J connectivity index is 2.32. The van der Waals surface area contributed by atoms with Crippen LogP contribution in [-0.4, -0.2) is 15.1 Å². The molecule has 0 aliphatic heterocycles. The fraction of sp³-hybridized carbons (Fsp3) is 0.700. The molecule has 0 aromatic carbocycles. The van der Waals surface area contributed by atoms with Crippen molar-refractivity contribution in [3.05, 3.63) is 17.5 Å². The topological polar surface area (TPSA) is 17.8 Å². The van der Waals surface area contributed by atoms with Crippen LogP contribution in [0.3, 0.4) is 0 Å². The normalized spacial score (nSPS) is 10.7. The number of aryl methyl sites for hydroxylation is 3. The van der Waals surface area contributed by atoms with Crippen molar-refractivity contribution in [2.24, 2.45) is 0 Å². The SMILES string of the molecule is Cc1cc(C)n(CCCCCBr)n1. The molecule has 2 nitrogen and oxygen atoms in total. The maximum absolute atomic E-state index is 4.41. The van der Waals surface area contributed by atoms with Gasteiger partial charge < -0.3 is 0 Å². The summed E-state index contributed by atoms with van der Waals surface area (Å²) in [4.78, 5) is 0. The number of rotatable bonds is 5. The lowest BCUT2D eigenvalue weighted by Gasteiger charge is -2.02. The van der Waals surface area contributed by atoms with Gasteiger partial charge in [-0.1, -0.05) is 22.4 Å². The smallest absolute Gasteiger partial charge is 0.0596 e. The second kappa shape index (κ2) is 5.43. The Morgan fingerprint density at radius 1 is 1.31 bits per heavy atom. The number of aromatic nitrogens is 2. The van der Waals surface area contributed by atoms with Gasteiger partial charge in [0, 0.05) is 17.6 Å². The van der Waals surface area contributed by atoms with Gasteiger partial charge in [0.1, 0.15) is 0 Å². The molecule has 1 rings (SSSR count). The van der Waals surface area contributed by atoms with Crippen molar-refractivity contribution >= 4 is 15.9 Å². The monoisotopic (exact) mass is 244 g/mol. The average Bonchev–Trinajstić information content (AvgIpc) is 2.39. The van der Waals surface area contributed by atoms with Gasteiger partial charge in [-0.3, -0.25) is 4.68 Å². The maximum Gasteiger partial charge on any atom is 0.0596 e. The van der Waals surface area contributed by atoms with E-state index in [0.717, 1.165) is 17.6 Å². The largest absolute Gasteiger partial charge is 0.270 e. The molecular weight excluding hydrogens is 228 g/mol. The lowest BCUT2D eigenvalue weighted by atomic mass is 10.2. The fourth-order valence-corrected chi connectivity index (χ4v) is 1.83. The van der Waals surface area contributed by atoms with Crippen LogP contribution < -0.4 is 0 Å². The predicted molar refractivity (Wildman–Crippen MR) is 59.3 cm³/mol. The third kappa shape index (κ3) is 3.51. The van der Waals surface area contributed by atoms with Crippen molar-refractivity contribution in [1.29, 1.82) is 0 Å². The molecular formula is C10H17BrN2. The van der Waals surface area contributed by atoms with Crippen molar-refractivity contribution in [3.63, 3.8) is 0 Å². The van der Waals surface area contributed by atoms with Crippen LogP contribution in [0.5, 0.6) is 0 Å². The van der Waals surface area contributed by atoms with Crippen LogP contribution in [0.2, 0.25) is 0 Å². The van der Waals surface area contributed by atoms with E-state index in [1.54, 1.807) is 0 Å². The molecule has 0 amide bonds. The van der Waals surface area contributed by atoms with E-state index in [9.17, 15) is 0 Å². The first kappa shape index (κ1) is 10.8.